The van der Waals surface area contributed by atoms with Crippen LogP contribution in [0.1, 0.15) is 309 Å². The summed E-state index contributed by atoms with van der Waals surface area (Å²) in [5.74, 6) is -0.169. The maximum absolute atomic E-state index is 12.4. The number of amides is 1. The summed E-state index contributed by atoms with van der Waals surface area (Å²) >= 11 is 0. The lowest BCUT2D eigenvalue weighted by Crippen LogP contribution is -2.45. The third kappa shape index (κ3) is 53.2. The number of carbonyl (C=O) groups excluding carboxylic acids is 2. The van der Waals surface area contributed by atoms with E-state index in [9.17, 15) is 19.8 Å². The van der Waals surface area contributed by atoms with Crippen LogP contribution in [0.2, 0.25) is 0 Å². The largest absolute Gasteiger partial charge is 0.466 e. The molecular weight excluding hydrogens is 839 g/mol. The van der Waals surface area contributed by atoms with Crippen molar-refractivity contribution in [1.82, 2.24) is 5.32 Å². The van der Waals surface area contributed by atoms with Gasteiger partial charge in [0.25, 0.3) is 0 Å². The fourth-order valence-corrected chi connectivity index (χ4v) is 8.97. The summed E-state index contributed by atoms with van der Waals surface area (Å²) in [5, 5.41) is 23.1. The molecule has 0 aliphatic rings. The smallest absolute Gasteiger partial charge is 0.305 e. The molecule has 0 heterocycles. The molecule has 2 unspecified atom stereocenters. The summed E-state index contributed by atoms with van der Waals surface area (Å²) in [6.45, 7) is 4.85. The molecule has 0 aliphatic carbocycles. The van der Waals surface area contributed by atoms with E-state index in [-0.39, 0.29) is 18.5 Å². The van der Waals surface area contributed by atoms with E-state index in [1.165, 1.54) is 225 Å². The highest BCUT2D eigenvalue weighted by molar-refractivity contribution is 5.76. The Hall–Kier alpha value is -2.18. The lowest BCUT2D eigenvalue weighted by molar-refractivity contribution is -0.143. The maximum atomic E-state index is 12.4. The summed E-state index contributed by atoms with van der Waals surface area (Å²) in [4.78, 5) is 24.5. The minimum atomic E-state index is -0.881. The Kier molecular flexibility index (Phi) is 55.6. The monoisotopic (exact) mass is 954 g/mol. The number of allylic oxidation sites excluding steroid dienone is 7. The van der Waals surface area contributed by atoms with E-state index in [4.69, 9.17) is 4.74 Å². The van der Waals surface area contributed by atoms with Gasteiger partial charge in [-0.05, 0) is 77.0 Å². The minimum absolute atomic E-state index is 0.0214. The molecular formula is C62H115NO5. The van der Waals surface area contributed by atoms with Crippen molar-refractivity contribution in [3.8, 4) is 0 Å². The van der Waals surface area contributed by atoms with Crippen LogP contribution in [0, 0.1) is 0 Å². The van der Waals surface area contributed by atoms with Gasteiger partial charge in [0.05, 0.1) is 25.4 Å². The SMILES string of the molecule is CCCCCCCCC/C=C\CCCCCCCCCC(=O)OCCCCCCCC/C=C\C/C=C\CCC(=O)NC(CO)C(O)/C=C/CCCCCCCCCCCCCCCCCCCC. The molecule has 0 spiro atoms. The molecule has 398 valence electrons. The van der Waals surface area contributed by atoms with Crippen LogP contribution in [0.5, 0.6) is 0 Å². The zero-order valence-electron chi connectivity index (χ0n) is 45.3. The molecule has 0 aromatic rings. The lowest BCUT2D eigenvalue weighted by Gasteiger charge is -2.19. The second-order valence-electron chi connectivity index (χ2n) is 20.3. The van der Waals surface area contributed by atoms with Crippen molar-refractivity contribution in [2.75, 3.05) is 13.2 Å². The van der Waals surface area contributed by atoms with E-state index in [1.807, 2.05) is 12.2 Å². The lowest BCUT2D eigenvalue weighted by atomic mass is 10.0. The summed E-state index contributed by atoms with van der Waals surface area (Å²) in [6.07, 6.45) is 72.9. The van der Waals surface area contributed by atoms with Gasteiger partial charge in [0.1, 0.15) is 0 Å². The van der Waals surface area contributed by atoms with E-state index in [2.05, 4.69) is 49.5 Å². The van der Waals surface area contributed by atoms with Crippen LogP contribution in [0.4, 0.5) is 0 Å². The van der Waals surface area contributed by atoms with E-state index in [1.54, 1.807) is 6.08 Å². The average molecular weight is 955 g/mol. The molecule has 2 atom stereocenters. The number of rotatable bonds is 55. The quantitative estimate of drug-likeness (QED) is 0.0321. The first kappa shape index (κ1) is 65.8. The molecule has 0 saturated carbocycles. The predicted octanol–water partition coefficient (Wildman–Crippen LogP) is 18.6. The Labute approximate surface area is 423 Å². The van der Waals surface area contributed by atoms with Crippen LogP contribution in [0.3, 0.4) is 0 Å². The van der Waals surface area contributed by atoms with E-state index in [0.717, 1.165) is 51.4 Å². The fourth-order valence-electron chi connectivity index (χ4n) is 8.97. The van der Waals surface area contributed by atoms with Gasteiger partial charge in [0, 0.05) is 12.8 Å². The summed E-state index contributed by atoms with van der Waals surface area (Å²) in [7, 11) is 0. The molecule has 6 heteroatoms. The van der Waals surface area contributed by atoms with E-state index >= 15 is 0 Å². The van der Waals surface area contributed by atoms with Gasteiger partial charge < -0.3 is 20.3 Å². The van der Waals surface area contributed by atoms with Crippen LogP contribution < -0.4 is 5.32 Å². The summed E-state index contributed by atoms with van der Waals surface area (Å²) in [5.41, 5.74) is 0. The third-order valence-corrected chi connectivity index (χ3v) is 13.6. The van der Waals surface area contributed by atoms with Crippen molar-refractivity contribution >= 4 is 11.9 Å². The average Bonchev–Trinajstić information content (AvgIpc) is 3.34. The Morgan fingerprint density at radius 2 is 0.750 bits per heavy atom. The number of unbranched alkanes of at least 4 members (excludes halogenated alkanes) is 38. The third-order valence-electron chi connectivity index (χ3n) is 13.6. The highest BCUT2D eigenvalue weighted by Crippen LogP contribution is 2.16. The fraction of sp³-hybridized carbons (Fsp3) is 0.839. The standard InChI is InChI=1S/C62H115NO5/c1-3-5-7-9-11-13-15-17-19-21-23-24-25-27-30-34-38-42-46-50-54-60(65)59(58-64)63-61(66)55-51-47-43-39-35-31-29-33-37-41-45-49-53-57-68-62(67)56-52-48-44-40-36-32-28-26-22-20-18-16-14-12-10-8-6-4-2/h20,22,31,35,43,47,50,54,59-60,64-65H,3-19,21,23-30,32-34,36-42,44-46,48-49,51-53,55-58H2,1-2H3,(H,63,66)/b22-20-,35-31-,47-43-,54-50+. The molecule has 0 saturated heterocycles. The number of nitrogens with one attached hydrogen (secondary N) is 1. The molecule has 0 aromatic heterocycles. The zero-order valence-corrected chi connectivity index (χ0v) is 45.3. The maximum Gasteiger partial charge on any atom is 0.305 e. The Balaban J connectivity index is 3.56. The molecule has 0 aromatic carbocycles. The number of esters is 1. The summed E-state index contributed by atoms with van der Waals surface area (Å²) < 4.78 is 5.47. The number of hydrogen-bond donors (Lipinski definition) is 3. The first-order chi connectivity index (χ1) is 33.5. The van der Waals surface area contributed by atoms with Crippen LogP contribution in [0.15, 0.2) is 48.6 Å². The molecule has 0 aliphatic heterocycles. The van der Waals surface area contributed by atoms with Crippen LogP contribution in [-0.2, 0) is 14.3 Å². The van der Waals surface area contributed by atoms with Gasteiger partial charge in [-0.1, -0.05) is 268 Å². The van der Waals surface area contributed by atoms with Crippen molar-refractivity contribution in [3.63, 3.8) is 0 Å². The minimum Gasteiger partial charge on any atom is -0.466 e. The van der Waals surface area contributed by atoms with Gasteiger partial charge in [0.15, 0.2) is 0 Å². The van der Waals surface area contributed by atoms with Crippen LogP contribution in [0.25, 0.3) is 0 Å². The van der Waals surface area contributed by atoms with Crippen molar-refractivity contribution in [2.45, 2.75) is 321 Å². The Bertz CT molecular complexity index is 1150. The van der Waals surface area contributed by atoms with Crippen molar-refractivity contribution in [2.24, 2.45) is 0 Å². The van der Waals surface area contributed by atoms with Crippen LogP contribution in [-0.4, -0.2) is 47.4 Å². The number of carbonyl (C=O) groups is 2. The second-order valence-corrected chi connectivity index (χ2v) is 20.3. The van der Waals surface area contributed by atoms with E-state index < -0.39 is 12.1 Å². The van der Waals surface area contributed by atoms with Gasteiger partial charge in [-0.25, -0.2) is 0 Å². The first-order valence-corrected chi connectivity index (χ1v) is 29.9. The molecule has 1 amide bonds. The summed E-state index contributed by atoms with van der Waals surface area (Å²) in [6, 6.07) is -0.674. The first-order valence-electron chi connectivity index (χ1n) is 29.9. The molecule has 0 rings (SSSR count). The second kappa shape index (κ2) is 57.4. The van der Waals surface area contributed by atoms with Gasteiger partial charge in [-0.3, -0.25) is 9.59 Å². The van der Waals surface area contributed by atoms with Gasteiger partial charge in [-0.2, -0.15) is 0 Å². The number of hydrogen-bond acceptors (Lipinski definition) is 5. The Morgan fingerprint density at radius 3 is 1.16 bits per heavy atom. The number of aliphatic hydroxyl groups excluding tert-OH is 2. The molecule has 68 heavy (non-hydrogen) atoms. The molecule has 0 fully saturated rings. The van der Waals surface area contributed by atoms with E-state index in [0.29, 0.717) is 25.9 Å². The van der Waals surface area contributed by atoms with Crippen molar-refractivity contribution in [1.29, 1.82) is 0 Å². The van der Waals surface area contributed by atoms with Gasteiger partial charge in [-0.15, -0.1) is 0 Å². The normalized spacial score (nSPS) is 12.9. The highest BCUT2D eigenvalue weighted by Gasteiger charge is 2.17. The number of ether oxygens (including phenoxy) is 1. The van der Waals surface area contributed by atoms with Crippen molar-refractivity contribution in [3.05, 3.63) is 48.6 Å². The number of aliphatic hydroxyl groups is 2. The highest BCUT2D eigenvalue weighted by atomic mass is 16.5. The molecule has 3 N–H and O–H groups in total. The molecule has 6 nitrogen and oxygen atoms in total. The zero-order chi connectivity index (χ0) is 49.3. The van der Waals surface area contributed by atoms with Crippen molar-refractivity contribution < 1.29 is 24.5 Å². The topological polar surface area (TPSA) is 95.9 Å². The van der Waals surface area contributed by atoms with Crippen LogP contribution >= 0.6 is 0 Å². The molecule has 0 bridgehead atoms. The van der Waals surface area contributed by atoms with Gasteiger partial charge in [0.2, 0.25) is 5.91 Å². The molecule has 0 radical (unpaired) electrons. The predicted molar refractivity (Wildman–Crippen MR) is 296 cm³/mol. The van der Waals surface area contributed by atoms with Gasteiger partial charge >= 0.3 is 5.97 Å². The Morgan fingerprint density at radius 1 is 0.412 bits per heavy atom.